The van der Waals surface area contributed by atoms with Gasteiger partial charge in [-0.3, -0.25) is 9.78 Å². The molecule has 0 aliphatic carbocycles. The van der Waals surface area contributed by atoms with Gasteiger partial charge in [-0.15, -0.1) is 0 Å². The van der Waals surface area contributed by atoms with Crippen LogP contribution in [0.5, 0.6) is 5.75 Å². The van der Waals surface area contributed by atoms with Gasteiger partial charge in [0.15, 0.2) is 0 Å². The van der Waals surface area contributed by atoms with Crippen LogP contribution in [0.15, 0.2) is 48.5 Å². The maximum absolute atomic E-state index is 12.8. The number of amides is 1. The molecule has 0 spiro atoms. The van der Waals surface area contributed by atoms with Crippen molar-refractivity contribution in [2.75, 3.05) is 27.2 Å². The van der Waals surface area contributed by atoms with Gasteiger partial charge in [0.1, 0.15) is 12.4 Å². The number of fused-ring (bicyclic) bond motifs is 1. The molecule has 0 aliphatic rings. The third kappa shape index (κ3) is 5.08. The molecule has 3 rings (SSSR count). The smallest absolute Gasteiger partial charge is 0.252 e. The molecule has 5 heteroatoms. The van der Waals surface area contributed by atoms with Crippen molar-refractivity contribution in [2.45, 2.75) is 20.4 Å². The summed E-state index contributed by atoms with van der Waals surface area (Å²) in [4.78, 5) is 19.4. The average Bonchev–Trinajstić information content (AvgIpc) is 2.66. The molecule has 0 unspecified atom stereocenters. The fourth-order valence-electron chi connectivity index (χ4n) is 2.99. The Labute approximate surface area is 166 Å². The minimum absolute atomic E-state index is 0.0904. The lowest BCUT2D eigenvalue weighted by atomic mass is 10.0. The van der Waals surface area contributed by atoms with Crippen LogP contribution in [0.2, 0.25) is 0 Å². The highest BCUT2D eigenvalue weighted by Gasteiger charge is 2.12. The summed E-state index contributed by atoms with van der Waals surface area (Å²) >= 11 is 0. The Kier molecular flexibility index (Phi) is 6.26. The molecular weight excluding hydrogens is 350 g/mol. The molecule has 0 saturated heterocycles. The van der Waals surface area contributed by atoms with Crippen molar-refractivity contribution in [3.8, 4) is 5.75 Å². The van der Waals surface area contributed by atoms with Crippen molar-refractivity contribution >= 4 is 16.8 Å². The van der Waals surface area contributed by atoms with E-state index in [1.165, 1.54) is 0 Å². The lowest BCUT2D eigenvalue weighted by molar-refractivity contribution is 0.0952. The number of likely N-dealkylation sites (N-methyl/N-ethyl adjacent to an activating group) is 1. The van der Waals surface area contributed by atoms with Crippen LogP contribution in [0.1, 0.15) is 27.2 Å². The molecule has 0 aliphatic heterocycles. The van der Waals surface area contributed by atoms with Gasteiger partial charge in [0.25, 0.3) is 5.91 Å². The second-order valence-corrected chi connectivity index (χ2v) is 7.31. The highest BCUT2D eigenvalue weighted by atomic mass is 16.5. The Bertz CT molecular complexity index is 965. The molecule has 28 heavy (non-hydrogen) atoms. The molecule has 3 aromatic rings. The number of hydrogen-bond acceptors (Lipinski definition) is 4. The van der Waals surface area contributed by atoms with E-state index in [1.54, 1.807) is 0 Å². The first-order valence-electron chi connectivity index (χ1n) is 9.45. The number of ether oxygens (including phenoxy) is 1. The lowest BCUT2D eigenvalue weighted by Gasteiger charge is -2.12. The number of aryl methyl sites for hydroxylation is 2. The number of carbonyl (C=O) groups excluding carboxylic acids is 1. The van der Waals surface area contributed by atoms with Crippen LogP contribution in [-0.2, 0) is 6.54 Å². The minimum atomic E-state index is -0.0904. The van der Waals surface area contributed by atoms with E-state index < -0.39 is 0 Å². The summed E-state index contributed by atoms with van der Waals surface area (Å²) in [6.45, 7) is 5.91. The van der Waals surface area contributed by atoms with Crippen LogP contribution in [0.25, 0.3) is 10.9 Å². The Morgan fingerprint density at radius 2 is 1.82 bits per heavy atom. The van der Waals surface area contributed by atoms with Gasteiger partial charge in [-0.2, -0.15) is 0 Å². The van der Waals surface area contributed by atoms with Crippen molar-refractivity contribution in [3.63, 3.8) is 0 Å². The monoisotopic (exact) mass is 377 g/mol. The van der Waals surface area contributed by atoms with Crippen molar-refractivity contribution in [2.24, 2.45) is 0 Å². The Balaban J connectivity index is 1.66. The Morgan fingerprint density at radius 3 is 2.54 bits per heavy atom. The number of rotatable bonds is 7. The van der Waals surface area contributed by atoms with Crippen molar-refractivity contribution in [3.05, 3.63) is 70.9 Å². The summed E-state index contributed by atoms with van der Waals surface area (Å²) in [7, 11) is 4.04. The first-order valence-corrected chi connectivity index (χ1v) is 9.45. The fourth-order valence-corrected chi connectivity index (χ4v) is 2.99. The first-order chi connectivity index (χ1) is 13.4. The predicted molar refractivity (Wildman–Crippen MR) is 113 cm³/mol. The number of carbonyl (C=O) groups is 1. The highest BCUT2D eigenvalue weighted by molar-refractivity contribution is 6.06. The number of benzene rings is 2. The summed E-state index contributed by atoms with van der Waals surface area (Å²) in [5.41, 5.74) is 4.47. The van der Waals surface area contributed by atoms with E-state index in [9.17, 15) is 4.79 Å². The molecule has 146 valence electrons. The maximum Gasteiger partial charge on any atom is 0.252 e. The SMILES string of the molecule is Cc1ccc2nc(C)cc(C(=O)NCc3ccc(OCCN(C)C)cc3)c2c1. The molecule has 0 fully saturated rings. The molecular formula is C23H27N3O2. The number of nitrogens with one attached hydrogen (secondary N) is 1. The van der Waals surface area contributed by atoms with Gasteiger partial charge >= 0.3 is 0 Å². The van der Waals surface area contributed by atoms with Crippen LogP contribution < -0.4 is 10.1 Å². The highest BCUT2D eigenvalue weighted by Crippen LogP contribution is 2.20. The van der Waals surface area contributed by atoms with Crippen LogP contribution in [-0.4, -0.2) is 43.0 Å². The quantitative estimate of drug-likeness (QED) is 0.682. The van der Waals surface area contributed by atoms with Gasteiger partial charge in [-0.25, -0.2) is 0 Å². The third-order valence-corrected chi connectivity index (χ3v) is 4.52. The summed E-state index contributed by atoms with van der Waals surface area (Å²) in [6, 6.07) is 15.7. The third-order valence-electron chi connectivity index (χ3n) is 4.52. The molecule has 1 aromatic heterocycles. The summed E-state index contributed by atoms with van der Waals surface area (Å²) in [5, 5.41) is 3.90. The molecule has 0 bridgehead atoms. The van der Waals surface area contributed by atoms with Crippen LogP contribution >= 0.6 is 0 Å². The van der Waals surface area contributed by atoms with Crippen molar-refractivity contribution < 1.29 is 9.53 Å². The Morgan fingerprint density at radius 1 is 1.07 bits per heavy atom. The topological polar surface area (TPSA) is 54.5 Å². The van der Waals surface area contributed by atoms with E-state index in [0.29, 0.717) is 18.7 Å². The second kappa shape index (κ2) is 8.85. The molecule has 0 saturated carbocycles. The van der Waals surface area contributed by atoms with Gasteiger partial charge in [0, 0.05) is 24.2 Å². The maximum atomic E-state index is 12.8. The van der Waals surface area contributed by atoms with E-state index in [-0.39, 0.29) is 5.91 Å². The zero-order chi connectivity index (χ0) is 20.1. The molecule has 1 N–H and O–H groups in total. The van der Waals surface area contributed by atoms with E-state index in [2.05, 4.69) is 15.2 Å². The van der Waals surface area contributed by atoms with E-state index >= 15 is 0 Å². The van der Waals surface area contributed by atoms with E-state index in [0.717, 1.165) is 40.0 Å². The summed E-state index contributed by atoms with van der Waals surface area (Å²) in [5.74, 6) is 0.746. The molecule has 5 nitrogen and oxygen atoms in total. The molecule has 1 amide bonds. The second-order valence-electron chi connectivity index (χ2n) is 7.31. The number of pyridine rings is 1. The molecule has 2 aromatic carbocycles. The predicted octanol–water partition coefficient (Wildman–Crippen LogP) is 3.72. The minimum Gasteiger partial charge on any atom is -0.492 e. The number of hydrogen-bond donors (Lipinski definition) is 1. The summed E-state index contributed by atoms with van der Waals surface area (Å²) in [6.07, 6.45) is 0. The van der Waals surface area contributed by atoms with Gasteiger partial charge in [-0.1, -0.05) is 23.8 Å². The van der Waals surface area contributed by atoms with Crippen LogP contribution in [0.3, 0.4) is 0 Å². The zero-order valence-corrected chi connectivity index (χ0v) is 17.0. The van der Waals surface area contributed by atoms with Crippen molar-refractivity contribution in [1.29, 1.82) is 0 Å². The standard InChI is InChI=1S/C23H27N3O2/c1-16-5-10-22-20(13-16)21(14-17(2)25-22)23(27)24-15-18-6-8-19(9-7-18)28-12-11-26(3)4/h5-10,13-14H,11-12,15H2,1-4H3,(H,24,27). The van der Waals surface area contributed by atoms with Gasteiger partial charge in [0.2, 0.25) is 0 Å². The normalized spacial score (nSPS) is 11.0. The molecule has 0 radical (unpaired) electrons. The first kappa shape index (κ1) is 19.8. The average molecular weight is 377 g/mol. The van der Waals surface area contributed by atoms with Crippen LogP contribution in [0.4, 0.5) is 0 Å². The van der Waals surface area contributed by atoms with Gasteiger partial charge in [0.05, 0.1) is 11.1 Å². The van der Waals surface area contributed by atoms with Gasteiger partial charge < -0.3 is 15.0 Å². The zero-order valence-electron chi connectivity index (χ0n) is 17.0. The van der Waals surface area contributed by atoms with E-state index in [4.69, 9.17) is 4.74 Å². The van der Waals surface area contributed by atoms with Crippen molar-refractivity contribution in [1.82, 2.24) is 15.2 Å². The summed E-state index contributed by atoms with van der Waals surface area (Å²) < 4.78 is 5.70. The Hall–Kier alpha value is -2.92. The largest absolute Gasteiger partial charge is 0.492 e. The fraction of sp³-hybridized carbons (Fsp3) is 0.304. The van der Waals surface area contributed by atoms with Crippen LogP contribution in [0, 0.1) is 13.8 Å². The molecule has 0 atom stereocenters. The number of nitrogens with zero attached hydrogens (tertiary/aromatic N) is 2. The molecule has 1 heterocycles. The van der Waals surface area contributed by atoms with E-state index in [1.807, 2.05) is 76.5 Å². The van der Waals surface area contributed by atoms with Gasteiger partial charge in [-0.05, 0) is 63.8 Å². The number of aromatic nitrogens is 1. The lowest BCUT2D eigenvalue weighted by Crippen LogP contribution is -2.23.